The number of hydrogen-bond donors (Lipinski definition) is 4. The lowest BCUT2D eigenvalue weighted by molar-refractivity contribution is 0.466. The van der Waals surface area contributed by atoms with Crippen LogP contribution in [-0.2, 0) is 5.41 Å². The molecule has 2 aromatic carbocycles. The van der Waals surface area contributed by atoms with E-state index in [1.165, 1.54) is 0 Å². The molecule has 0 radical (unpaired) electrons. The van der Waals surface area contributed by atoms with Crippen LogP contribution in [0.4, 0.5) is 11.4 Å². The van der Waals surface area contributed by atoms with Crippen molar-refractivity contribution in [2.45, 2.75) is 33.1 Å². The van der Waals surface area contributed by atoms with Crippen LogP contribution in [0.15, 0.2) is 24.3 Å². The molecular weight excluding hydrogens is 264 g/mol. The van der Waals surface area contributed by atoms with E-state index in [1.807, 2.05) is 39.8 Å². The Morgan fingerprint density at radius 1 is 0.762 bits per heavy atom. The van der Waals surface area contributed by atoms with Crippen molar-refractivity contribution in [2.75, 3.05) is 11.5 Å². The van der Waals surface area contributed by atoms with Gasteiger partial charge in [0.2, 0.25) is 0 Å². The highest BCUT2D eigenvalue weighted by molar-refractivity contribution is 5.64. The minimum absolute atomic E-state index is 0.109. The lowest BCUT2D eigenvalue weighted by Crippen LogP contribution is -2.22. The van der Waals surface area contributed by atoms with Gasteiger partial charge in [-0.3, -0.25) is 0 Å². The maximum Gasteiger partial charge on any atom is 0.141 e. The molecule has 4 heteroatoms. The fraction of sp³-hybridized carbons (Fsp3) is 0.294. The smallest absolute Gasteiger partial charge is 0.141 e. The Morgan fingerprint density at radius 2 is 1.10 bits per heavy atom. The highest BCUT2D eigenvalue weighted by Crippen LogP contribution is 2.42. The van der Waals surface area contributed by atoms with E-state index >= 15 is 0 Å². The van der Waals surface area contributed by atoms with E-state index in [4.69, 9.17) is 11.5 Å². The molecule has 0 spiro atoms. The third-order valence-electron chi connectivity index (χ3n) is 4.27. The monoisotopic (exact) mass is 286 g/mol. The van der Waals surface area contributed by atoms with Gasteiger partial charge in [0, 0.05) is 5.41 Å². The van der Waals surface area contributed by atoms with Crippen molar-refractivity contribution < 1.29 is 10.2 Å². The average molecular weight is 286 g/mol. The molecule has 0 heterocycles. The molecule has 21 heavy (non-hydrogen) atoms. The number of phenols is 2. The second-order valence-corrected chi connectivity index (χ2v) is 5.98. The standard InChI is InChI=1S/C17H22N2O2/c1-9-11(5-7-13(18)15(9)20)17(3,4)12-6-8-14(19)16(21)10(12)2/h5-8,20-21H,18-19H2,1-4H3. The summed E-state index contributed by atoms with van der Waals surface area (Å²) < 4.78 is 0. The maximum atomic E-state index is 10.1. The van der Waals surface area contributed by atoms with Crippen LogP contribution >= 0.6 is 0 Å². The minimum atomic E-state index is -0.398. The Balaban J connectivity index is 2.68. The lowest BCUT2D eigenvalue weighted by Gasteiger charge is -2.30. The zero-order valence-corrected chi connectivity index (χ0v) is 12.9. The molecule has 112 valence electrons. The summed E-state index contributed by atoms with van der Waals surface area (Å²) in [5, 5.41) is 20.1. The Morgan fingerprint density at radius 3 is 1.43 bits per heavy atom. The van der Waals surface area contributed by atoms with Crippen molar-refractivity contribution in [3.63, 3.8) is 0 Å². The van der Waals surface area contributed by atoms with Crippen molar-refractivity contribution in [3.8, 4) is 11.5 Å². The summed E-state index contributed by atoms with van der Waals surface area (Å²) in [6, 6.07) is 7.23. The Kier molecular flexibility index (Phi) is 3.49. The molecule has 0 aliphatic heterocycles. The zero-order chi connectivity index (χ0) is 15.9. The van der Waals surface area contributed by atoms with Gasteiger partial charge in [0.1, 0.15) is 11.5 Å². The van der Waals surface area contributed by atoms with Gasteiger partial charge in [-0.15, -0.1) is 0 Å². The topological polar surface area (TPSA) is 92.5 Å². The van der Waals surface area contributed by atoms with Gasteiger partial charge < -0.3 is 21.7 Å². The fourth-order valence-electron chi connectivity index (χ4n) is 2.94. The molecule has 0 amide bonds. The number of phenolic OH excluding ortho intramolecular Hbond substituents is 2. The van der Waals surface area contributed by atoms with E-state index in [2.05, 4.69) is 0 Å². The zero-order valence-electron chi connectivity index (χ0n) is 12.9. The van der Waals surface area contributed by atoms with Crippen molar-refractivity contribution >= 4 is 11.4 Å². The number of hydrogen-bond acceptors (Lipinski definition) is 4. The number of benzene rings is 2. The predicted molar refractivity (Wildman–Crippen MR) is 86.6 cm³/mol. The van der Waals surface area contributed by atoms with Crippen molar-refractivity contribution in [3.05, 3.63) is 46.5 Å². The number of aromatic hydroxyl groups is 2. The summed E-state index contributed by atoms with van der Waals surface area (Å²) in [5.74, 6) is 0.218. The first kappa shape index (κ1) is 15.0. The number of nitrogens with two attached hydrogens (primary N) is 2. The first-order valence-electron chi connectivity index (χ1n) is 6.85. The van der Waals surface area contributed by atoms with Crippen molar-refractivity contribution in [1.82, 2.24) is 0 Å². The normalized spacial score (nSPS) is 11.6. The molecule has 0 fully saturated rings. The molecule has 0 aliphatic rings. The van der Waals surface area contributed by atoms with E-state index in [1.54, 1.807) is 12.1 Å². The van der Waals surface area contributed by atoms with E-state index in [-0.39, 0.29) is 11.5 Å². The van der Waals surface area contributed by atoms with E-state index in [9.17, 15) is 10.2 Å². The molecule has 4 nitrogen and oxygen atoms in total. The highest BCUT2D eigenvalue weighted by atomic mass is 16.3. The van der Waals surface area contributed by atoms with E-state index < -0.39 is 5.41 Å². The predicted octanol–water partition coefficient (Wildman–Crippen LogP) is 3.20. The van der Waals surface area contributed by atoms with Gasteiger partial charge >= 0.3 is 0 Å². The van der Waals surface area contributed by atoms with Crippen LogP contribution in [0.3, 0.4) is 0 Å². The van der Waals surface area contributed by atoms with Gasteiger partial charge in [0.25, 0.3) is 0 Å². The summed E-state index contributed by atoms with van der Waals surface area (Å²) in [7, 11) is 0. The van der Waals surface area contributed by atoms with Gasteiger partial charge in [-0.1, -0.05) is 26.0 Å². The van der Waals surface area contributed by atoms with Crippen LogP contribution in [0.2, 0.25) is 0 Å². The molecule has 2 rings (SSSR count). The fourth-order valence-corrected chi connectivity index (χ4v) is 2.94. The summed E-state index contributed by atoms with van der Waals surface area (Å²) >= 11 is 0. The first-order chi connectivity index (χ1) is 9.67. The SMILES string of the molecule is Cc1c(C(C)(C)c2ccc(N)c(O)c2C)ccc(N)c1O. The van der Waals surface area contributed by atoms with Crippen molar-refractivity contribution in [2.24, 2.45) is 0 Å². The molecular formula is C17H22N2O2. The van der Waals surface area contributed by atoms with Gasteiger partial charge in [-0.25, -0.2) is 0 Å². The highest BCUT2D eigenvalue weighted by Gasteiger charge is 2.29. The van der Waals surface area contributed by atoms with Crippen LogP contribution < -0.4 is 11.5 Å². The van der Waals surface area contributed by atoms with Crippen molar-refractivity contribution in [1.29, 1.82) is 0 Å². The van der Waals surface area contributed by atoms with E-state index in [0.29, 0.717) is 11.4 Å². The molecule has 0 bridgehead atoms. The van der Waals surface area contributed by atoms with Crippen LogP contribution in [0, 0.1) is 13.8 Å². The van der Waals surface area contributed by atoms with Gasteiger partial charge in [0.15, 0.2) is 0 Å². The Bertz CT molecular complexity index is 647. The van der Waals surface area contributed by atoms with Crippen LogP contribution in [0.1, 0.15) is 36.1 Å². The summed E-state index contributed by atoms with van der Waals surface area (Å²) in [4.78, 5) is 0. The summed E-state index contributed by atoms with van der Waals surface area (Å²) in [6.07, 6.45) is 0. The number of rotatable bonds is 2. The molecule has 0 aliphatic carbocycles. The quantitative estimate of drug-likeness (QED) is 0.504. The van der Waals surface area contributed by atoms with E-state index in [0.717, 1.165) is 22.3 Å². The summed E-state index contributed by atoms with van der Waals surface area (Å²) in [6.45, 7) is 7.77. The van der Waals surface area contributed by atoms with Gasteiger partial charge in [-0.2, -0.15) is 0 Å². The molecule has 2 aromatic rings. The second kappa shape index (κ2) is 4.88. The molecule has 0 unspecified atom stereocenters. The first-order valence-corrected chi connectivity index (χ1v) is 6.85. The summed E-state index contributed by atoms with van der Waals surface area (Å²) in [5.41, 5.74) is 15.2. The Labute approximate surface area is 125 Å². The van der Waals surface area contributed by atoms with Crippen LogP contribution in [0.25, 0.3) is 0 Å². The average Bonchev–Trinajstić information content (AvgIpc) is 2.41. The van der Waals surface area contributed by atoms with Crippen LogP contribution in [0.5, 0.6) is 11.5 Å². The molecule has 0 saturated heterocycles. The lowest BCUT2D eigenvalue weighted by atomic mass is 9.74. The van der Waals surface area contributed by atoms with Crippen LogP contribution in [-0.4, -0.2) is 10.2 Å². The second-order valence-electron chi connectivity index (χ2n) is 5.98. The third kappa shape index (κ3) is 2.27. The third-order valence-corrected chi connectivity index (χ3v) is 4.27. The molecule has 0 aromatic heterocycles. The largest absolute Gasteiger partial charge is 0.506 e. The molecule has 6 N–H and O–H groups in total. The Hall–Kier alpha value is -2.36. The number of nitrogen functional groups attached to an aromatic ring is 2. The molecule has 0 saturated carbocycles. The molecule has 0 atom stereocenters. The number of anilines is 2. The van der Waals surface area contributed by atoms with Gasteiger partial charge in [-0.05, 0) is 48.2 Å². The minimum Gasteiger partial charge on any atom is -0.506 e. The maximum absolute atomic E-state index is 10.1. The van der Waals surface area contributed by atoms with Gasteiger partial charge in [0.05, 0.1) is 11.4 Å².